The van der Waals surface area contributed by atoms with Crippen LogP contribution in [0.2, 0.25) is 10.0 Å². The fourth-order valence-corrected chi connectivity index (χ4v) is 3.04. The van der Waals surface area contributed by atoms with Crippen LogP contribution in [0.4, 0.5) is 0 Å². The molecule has 0 radical (unpaired) electrons. The molecule has 0 bridgehead atoms. The van der Waals surface area contributed by atoms with Crippen molar-refractivity contribution in [3.05, 3.63) is 33.8 Å². The Morgan fingerprint density at radius 2 is 1.76 bits per heavy atom. The number of halogens is 2. The van der Waals surface area contributed by atoms with Gasteiger partial charge >= 0.3 is 0 Å². The molecular formula is C14H16Cl2O. The van der Waals surface area contributed by atoms with E-state index in [4.69, 9.17) is 23.2 Å². The highest BCUT2D eigenvalue weighted by atomic mass is 35.5. The van der Waals surface area contributed by atoms with Gasteiger partial charge in [0.25, 0.3) is 0 Å². The summed E-state index contributed by atoms with van der Waals surface area (Å²) >= 11 is 12.2. The van der Waals surface area contributed by atoms with E-state index >= 15 is 0 Å². The van der Waals surface area contributed by atoms with Gasteiger partial charge in [-0.15, -0.1) is 0 Å². The van der Waals surface area contributed by atoms with E-state index in [0.717, 1.165) is 31.2 Å². The van der Waals surface area contributed by atoms with Crippen LogP contribution in [0.25, 0.3) is 0 Å². The monoisotopic (exact) mass is 270 g/mol. The van der Waals surface area contributed by atoms with Crippen molar-refractivity contribution < 1.29 is 4.79 Å². The summed E-state index contributed by atoms with van der Waals surface area (Å²) in [5.74, 6) is 0.269. The maximum absolute atomic E-state index is 12.3. The first-order chi connectivity index (χ1) is 8.03. The van der Waals surface area contributed by atoms with Crippen LogP contribution in [0.3, 0.4) is 0 Å². The van der Waals surface area contributed by atoms with Gasteiger partial charge in [-0.2, -0.15) is 0 Å². The molecule has 0 aliphatic heterocycles. The molecule has 1 nitrogen and oxygen atoms in total. The second-order valence-corrected chi connectivity index (χ2v) is 5.88. The SMILES string of the molecule is CC1(C(=O)Cc2c(Cl)cccc2Cl)CCCC1. The molecular weight excluding hydrogens is 255 g/mol. The van der Waals surface area contributed by atoms with Crippen LogP contribution in [0.15, 0.2) is 18.2 Å². The van der Waals surface area contributed by atoms with Gasteiger partial charge in [0, 0.05) is 21.9 Å². The van der Waals surface area contributed by atoms with Crippen molar-refractivity contribution in [1.82, 2.24) is 0 Å². The Bertz CT molecular complexity index is 414. The molecule has 1 aliphatic rings. The zero-order chi connectivity index (χ0) is 12.5. The summed E-state index contributed by atoms with van der Waals surface area (Å²) in [6.45, 7) is 2.06. The molecule has 1 saturated carbocycles. The van der Waals surface area contributed by atoms with Crippen LogP contribution in [0.5, 0.6) is 0 Å². The Morgan fingerprint density at radius 1 is 1.24 bits per heavy atom. The largest absolute Gasteiger partial charge is 0.299 e. The highest BCUT2D eigenvalue weighted by Crippen LogP contribution is 2.40. The lowest BCUT2D eigenvalue weighted by Crippen LogP contribution is -2.26. The van der Waals surface area contributed by atoms with Crippen LogP contribution in [0, 0.1) is 5.41 Å². The normalized spacial score (nSPS) is 18.3. The minimum atomic E-state index is -0.164. The van der Waals surface area contributed by atoms with Gasteiger partial charge in [-0.05, 0) is 30.5 Å². The lowest BCUT2D eigenvalue weighted by molar-refractivity contribution is -0.126. The molecule has 17 heavy (non-hydrogen) atoms. The molecule has 0 N–H and O–H groups in total. The Kier molecular flexibility index (Phi) is 3.79. The average molecular weight is 271 g/mol. The molecule has 0 aromatic heterocycles. The predicted octanol–water partition coefficient (Wildman–Crippen LogP) is 4.69. The van der Waals surface area contributed by atoms with Crippen LogP contribution in [-0.4, -0.2) is 5.78 Å². The number of hydrogen-bond acceptors (Lipinski definition) is 1. The Balaban J connectivity index is 2.18. The second-order valence-electron chi connectivity index (χ2n) is 5.07. The number of carbonyl (C=O) groups is 1. The van der Waals surface area contributed by atoms with Crippen LogP contribution in [0.1, 0.15) is 38.2 Å². The van der Waals surface area contributed by atoms with E-state index in [1.54, 1.807) is 18.2 Å². The summed E-state index contributed by atoms with van der Waals surface area (Å²) in [7, 11) is 0. The van der Waals surface area contributed by atoms with Crippen molar-refractivity contribution in [3.63, 3.8) is 0 Å². The number of benzene rings is 1. The minimum absolute atomic E-state index is 0.164. The van der Waals surface area contributed by atoms with Gasteiger partial charge in [0.1, 0.15) is 5.78 Å². The summed E-state index contributed by atoms with van der Waals surface area (Å²) in [5.41, 5.74) is 0.608. The number of hydrogen-bond donors (Lipinski definition) is 0. The summed E-state index contributed by atoms with van der Waals surface area (Å²) in [6, 6.07) is 5.37. The number of Topliss-reactive ketones (excluding diaryl/α,β-unsaturated/α-hetero) is 1. The van der Waals surface area contributed by atoms with E-state index < -0.39 is 0 Å². The smallest absolute Gasteiger partial charge is 0.143 e. The molecule has 1 aromatic carbocycles. The Hall–Kier alpha value is -0.530. The quantitative estimate of drug-likeness (QED) is 0.779. The van der Waals surface area contributed by atoms with Gasteiger partial charge in [-0.25, -0.2) is 0 Å². The average Bonchev–Trinajstić information content (AvgIpc) is 2.72. The summed E-state index contributed by atoms with van der Waals surface area (Å²) in [5, 5.41) is 1.18. The minimum Gasteiger partial charge on any atom is -0.299 e. The molecule has 0 amide bonds. The van der Waals surface area contributed by atoms with Crippen LogP contribution < -0.4 is 0 Å². The third-order valence-corrected chi connectivity index (χ3v) is 4.49. The number of rotatable bonds is 3. The first-order valence-corrected chi connectivity index (χ1v) is 6.75. The summed E-state index contributed by atoms with van der Waals surface area (Å²) < 4.78 is 0. The fraction of sp³-hybridized carbons (Fsp3) is 0.500. The van der Waals surface area contributed by atoms with Crippen molar-refractivity contribution in [2.75, 3.05) is 0 Å². The first-order valence-electron chi connectivity index (χ1n) is 5.99. The van der Waals surface area contributed by atoms with E-state index in [0.29, 0.717) is 16.5 Å². The molecule has 0 spiro atoms. The predicted molar refractivity (Wildman–Crippen MR) is 71.7 cm³/mol. The second kappa shape index (κ2) is 4.99. The summed E-state index contributed by atoms with van der Waals surface area (Å²) in [4.78, 5) is 12.3. The molecule has 1 fully saturated rings. The standard InChI is InChI=1S/C14H16Cl2O/c1-14(7-2-3-8-14)13(17)9-10-11(15)5-4-6-12(10)16/h4-6H,2-3,7-9H2,1H3. The number of carbonyl (C=O) groups excluding carboxylic acids is 1. The van der Waals surface area contributed by atoms with E-state index in [1.807, 2.05) is 0 Å². The highest BCUT2D eigenvalue weighted by molar-refractivity contribution is 6.36. The maximum atomic E-state index is 12.3. The molecule has 92 valence electrons. The van der Waals surface area contributed by atoms with Crippen molar-refractivity contribution in [3.8, 4) is 0 Å². The molecule has 0 atom stereocenters. The topological polar surface area (TPSA) is 17.1 Å². The number of ketones is 1. The molecule has 0 heterocycles. The first kappa shape index (κ1) is 12.9. The van der Waals surface area contributed by atoms with Gasteiger partial charge in [0.05, 0.1) is 0 Å². The third kappa shape index (κ3) is 2.66. The van der Waals surface area contributed by atoms with Gasteiger partial charge < -0.3 is 0 Å². The van der Waals surface area contributed by atoms with Crippen molar-refractivity contribution >= 4 is 29.0 Å². The highest BCUT2D eigenvalue weighted by Gasteiger charge is 2.36. The van der Waals surface area contributed by atoms with E-state index in [2.05, 4.69) is 6.92 Å². The van der Waals surface area contributed by atoms with Crippen LogP contribution >= 0.6 is 23.2 Å². The van der Waals surface area contributed by atoms with Gasteiger partial charge in [0.2, 0.25) is 0 Å². The van der Waals surface area contributed by atoms with Gasteiger partial charge in [0.15, 0.2) is 0 Å². The molecule has 0 unspecified atom stereocenters. The molecule has 0 saturated heterocycles. The van der Waals surface area contributed by atoms with E-state index in [-0.39, 0.29) is 11.2 Å². The zero-order valence-corrected chi connectivity index (χ0v) is 11.4. The molecule has 3 heteroatoms. The van der Waals surface area contributed by atoms with Gasteiger partial charge in [-0.1, -0.05) is 49.0 Å². The fourth-order valence-electron chi connectivity index (χ4n) is 2.51. The molecule has 1 aromatic rings. The lowest BCUT2D eigenvalue weighted by Gasteiger charge is -2.22. The van der Waals surface area contributed by atoms with Crippen molar-refractivity contribution in [1.29, 1.82) is 0 Å². The third-order valence-electron chi connectivity index (χ3n) is 3.78. The maximum Gasteiger partial charge on any atom is 0.143 e. The van der Waals surface area contributed by atoms with Gasteiger partial charge in [-0.3, -0.25) is 4.79 Å². The van der Waals surface area contributed by atoms with E-state index in [9.17, 15) is 4.79 Å². The summed E-state index contributed by atoms with van der Waals surface area (Å²) in [6.07, 6.45) is 4.65. The van der Waals surface area contributed by atoms with Crippen LogP contribution in [-0.2, 0) is 11.2 Å². The Labute approximate surface area is 112 Å². The van der Waals surface area contributed by atoms with E-state index in [1.165, 1.54) is 0 Å². The van der Waals surface area contributed by atoms with Crippen molar-refractivity contribution in [2.24, 2.45) is 5.41 Å². The Morgan fingerprint density at radius 3 is 2.29 bits per heavy atom. The van der Waals surface area contributed by atoms with Crippen molar-refractivity contribution in [2.45, 2.75) is 39.0 Å². The molecule has 2 rings (SSSR count). The molecule has 1 aliphatic carbocycles. The lowest BCUT2D eigenvalue weighted by atomic mass is 9.81. The zero-order valence-electron chi connectivity index (χ0n) is 9.93.